The summed E-state index contributed by atoms with van der Waals surface area (Å²) < 4.78 is 40.0. The van der Waals surface area contributed by atoms with E-state index in [1.165, 1.54) is 21.8 Å². The fourth-order valence-electron chi connectivity index (χ4n) is 3.60. The molecule has 1 saturated heterocycles. The average molecular weight is 503 g/mol. The zero-order valence-corrected chi connectivity index (χ0v) is 20.0. The monoisotopic (exact) mass is 502 g/mol. The molecule has 11 heteroatoms. The van der Waals surface area contributed by atoms with Gasteiger partial charge >= 0.3 is 0 Å². The summed E-state index contributed by atoms with van der Waals surface area (Å²) in [6, 6.07) is 5.93. The zero-order chi connectivity index (χ0) is 24.0. The van der Waals surface area contributed by atoms with E-state index in [0.717, 1.165) is 12.2 Å². The SMILES string of the molecule is O=S(=O)(C=CCCCc1ncccn1)N1CCN(c2ncc(-c3ccc(F)cc3Cl)cn2)CC1. The van der Waals surface area contributed by atoms with Gasteiger partial charge in [0.15, 0.2) is 0 Å². The highest BCUT2D eigenvalue weighted by atomic mass is 35.5. The number of halogens is 2. The van der Waals surface area contributed by atoms with Gasteiger partial charge in [0.25, 0.3) is 0 Å². The first-order valence-electron chi connectivity index (χ1n) is 10.9. The molecule has 0 saturated carbocycles. The molecule has 34 heavy (non-hydrogen) atoms. The second-order valence-corrected chi connectivity index (χ2v) is 9.98. The number of sulfonamides is 1. The van der Waals surface area contributed by atoms with Crippen molar-refractivity contribution >= 4 is 27.6 Å². The summed E-state index contributed by atoms with van der Waals surface area (Å²) in [5.74, 6) is 0.860. The lowest BCUT2D eigenvalue weighted by atomic mass is 10.1. The Morgan fingerprint density at radius 3 is 2.41 bits per heavy atom. The number of nitrogens with zero attached hydrogens (tertiary/aromatic N) is 6. The summed E-state index contributed by atoms with van der Waals surface area (Å²) in [6.07, 6.45) is 10.5. The lowest BCUT2D eigenvalue weighted by Crippen LogP contribution is -2.48. The van der Waals surface area contributed by atoms with Gasteiger partial charge in [-0.05, 0) is 37.1 Å². The van der Waals surface area contributed by atoms with Gasteiger partial charge in [-0.2, -0.15) is 4.31 Å². The van der Waals surface area contributed by atoms with Crippen molar-refractivity contribution in [2.24, 2.45) is 0 Å². The molecule has 1 aliphatic rings. The molecular formula is C23H24ClFN6O2S. The van der Waals surface area contributed by atoms with E-state index in [0.29, 0.717) is 56.1 Å². The summed E-state index contributed by atoms with van der Waals surface area (Å²) in [5, 5.41) is 1.57. The number of aromatic nitrogens is 4. The predicted molar refractivity (Wildman–Crippen MR) is 129 cm³/mol. The lowest BCUT2D eigenvalue weighted by Gasteiger charge is -2.33. The standard InChI is InChI=1S/C23H24ClFN6O2S/c24-21-15-19(25)6-7-20(21)18-16-28-23(29-17-18)30-10-12-31(13-11-30)34(32,33)14-3-1-2-5-22-26-8-4-9-27-22/h3-4,6-9,14-17H,1-2,5,10-13H2. The van der Waals surface area contributed by atoms with Crippen LogP contribution in [0.3, 0.4) is 0 Å². The molecule has 1 aromatic carbocycles. The number of allylic oxidation sites excluding steroid dienone is 1. The molecule has 8 nitrogen and oxygen atoms in total. The molecule has 0 amide bonds. The molecule has 0 aliphatic carbocycles. The molecule has 3 heterocycles. The summed E-state index contributed by atoms with van der Waals surface area (Å²) in [4.78, 5) is 19.0. The number of rotatable bonds is 8. The Morgan fingerprint density at radius 1 is 1.03 bits per heavy atom. The molecule has 1 fully saturated rings. The quantitative estimate of drug-likeness (QED) is 0.433. The molecule has 3 aromatic rings. The topological polar surface area (TPSA) is 92.2 Å². The molecule has 2 aromatic heterocycles. The van der Waals surface area contributed by atoms with E-state index in [2.05, 4.69) is 19.9 Å². The van der Waals surface area contributed by atoms with E-state index >= 15 is 0 Å². The van der Waals surface area contributed by atoms with Gasteiger partial charge in [0.2, 0.25) is 16.0 Å². The zero-order valence-electron chi connectivity index (χ0n) is 18.4. The maximum atomic E-state index is 13.3. The molecule has 178 valence electrons. The van der Waals surface area contributed by atoms with Crippen LogP contribution in [0.4, 0.5) is 10.3 Å². The maximum Gasteiger partial charge on any atom is 0.236 e. The van der Waals surface area contributed by atoms with E-state index in [4.69, 9.17) is 11.6 Å². The third-order valence-corrected chi connectivity index (χ3v) is 7.35. The van der Waals surface area contributed by atoms with Gasteiger partial charge in [0.05, 0.1) is 5.02 Å². The fraction of sp³-hybridized carbons (Fsp3) is 0.304. The number of hydrogen-bond acceptors (Lipinski definition) is 7. The van der Waals surface area contributed by atoms with Crippen molar-refractivity contribution < 1.29 is 12.8 Å². The molecule has 4 rings (SSSR count). The fourth-order valence-corrected chi connectivity index (χ4v) is 5.10. The van der Waals surface area contributed by atoms with Crippen molar-refractivity contribution in [3.8, 4) is 11.1 Å². The van der Waals surface area contributed by atoms with Crippen LogP contribution in [0.25, 0.3) is 11.1 Å². The average Bonchev–Trinajstić information content (AvgIpc) is 2.85. The number of anilines is 1. The van der Waals surface area contributed by atoms with Gasteiger partial charge in [-0.15, -0.1) is 0 Å². The Balaban J connectivity index is 1.28. The van der Waals surface area contributed by atoms with Gasteiger partial charge < -0.3 is 4.90 Å². The Morgan fingerprint density at radius 2 is 1.74 bits per heavy atom. The Kier molecular flexibility index (Phi) is 7.81. The van der Waals surface area contributed by atoms with E-state index < -0.39 is 15.8 Å². The number of hydrogen-bond donors (Lipinski definition) is 0. The minimum atomic E-state index is -3.48. The molecule has 1 aliphatic heterocycles. The van der Waals surface area contributed by atoms with Crippen LogP contribution in [0.2, 0.25) is 5.02 Å². The highest BCUT2D eigenvalue weighted by Crippen LogP contribution is 2.28. The molecule has 0 spiro atoms. The summed E-state index contributed by atoms with van der Waals surface area (Å²) in [6.45, 7) is 1.66. The van der Waals surface area contributed by atoms with E-state index in [-0.39, 0.29) is 5.02 Å². The van der Waals surface area contributed by atoms with Gasteiger partial charge in [-0.3, -0.25) is 0 Å². The highest BCUT2D eigenvalue weighted by Gasteiger charge is 2.26. The molecular weight excluding hydrogens is 479 g/mol. The maximum absolute atomic E-state index is 13.3. The van der Waals surface area contributed by atoms with Crippen LogP contribution in [-0.2, 0) is 16.4 Å². The highest BCUT2D eigenvalue weighted by molar-refractivity contribution is 7.92. The van der Waals surface area contributed by atoms with Crippen molar-refractivity contribution in [1.29, 1.82) is 0 Å². The van der Waals surface area contributed by atoms with Crippen LogP contribution in [0.1, 0.15) is 18.7 Å². The second-order valence-electron chi connectivity index (χ2n) is 7.76. The number of unbranched alkanes of at least 4 members (excludes halogenated alkanes) is 1. The van der Waals surface area contributed by atoms with E-state index in [1.807, 2.05) is 4.90 Å². The minimum Gasteiger partial charge on any atom is -0.338 e. The first kappa shape index (κ1) is 24.2. The van der Waals surface area contributed by atoms with Crippen LogP contribution < -0.4 is 4.90 Å². The Bertz CT molecular complexity index is 1230. The third-order valence-electron chi connectivity index (χ3n) is 5.42. The van der Waals surface area contributed by atoms with E-state index in [1.54, 1.807) is 43.0 Å². The van der Waals surface area contributed by atoms with Crippen molar-refractivity contribution in [2.45, 2.75) is 19.3 Å². The normalized spacial score (nSPS) is 15.2. The summed E-state index contributed by atoms with van der Waals surface area (Å²) in [5.41, 5.74) is 1.33. The Labute approximate surface area is 203 Å². The predicted octanol–water partition coefficient (Wildman–Crippen LogP) is 3.71. The number of aryl methyl sites for hydroxylation is 1. The summed E-state index contributed by atoms with van der Waals surface area (Å²) in [7, 11) is -3.48. The first-order valence-corrected chi connectivity index (χ1v) is 12.8. The van der Waals surface area contributed by atoms with Crippen LogP contribution in [0.5, 0.6) is 0 Å². The molecule has 0 unspecified atom stereocenters. The minimum absolute atomic E-state index is 0.289. The molecule has 0 radical (unpaired) electrons. The van der Waals surface area contributed by atoms with Crippen molar-refractivity contribution in [1.82, 2.24) is 24.2 Å². The molecule has 0 atom stereocenters. The molecule has 0 N–H and O–H groups in total. The molecule has 0 bridgehead atoms. The Hall–Kier alpha value is -2.95. The van der Waals surface area contributed by atoms with Crippen LogP contribution in [-0.4, -0.2) is 58.8 Å². The largest absolute Gasteiger partial charge is 0.338 e. The van der Waals surface area contributed by atoms with Crippen molar-refractivity contribution in [3.05, 3.63) is 77.2 Å². The van der Waals surface area contributed by atoms with Crippen LogP contribution >= 0.6 is 11.6 Å². The van der Waals surface area contributed by atoms with Crippen molar-refractivity contribution in [3.63, 3.8) is 0 Å². The third kappa shape index (κ3) is 6.13. The van der Waals surface area contributed by atoms with Gasteiger partial charge in [0, 0.05) is 73.9 Å². The van der Waals surface area contributed by atoms with Crippen LogP contribution in [0.15, 0.2) is 60.5 Å². The second kappa shape index (κ2) is 11.0. The first-order chi connectivity index (χ1) is 16.4. The lowest BCUT2D eigenvalue weighted by molar-refractivity contribution is 0.387. The summed E-state index contributed by atoms with van der Waals surface area (Å²) >= 11 is 6.11. The van der Waals surface area contributed by atoms with Gasteiger partial charge in [-0.25, -0.2) is 32.7 Å². The smallest absolute Gasteiger partial charge is 0.236 e. The van der Waals surface area contributed by atoms with Gasteiger partial charge in [0.1, 0.15) is 11.6 Å². The van der Waals surface area contributed by atoms with E-state index in [9.17, 15) is 12.8 Å². The van der Waals surface area contributed by atoms with Crippen molar-refractivity contribution in [2.75, 3.05) is 31.1 Å². The number of benzene rings is 1. The van der Waals surface area contributed by atoms with Crippen LogP contribution in [0, 0.1) is 5.82 Å². The van der Waals surface area contributed by atoms with Gasteiger partial charge in [-0.1, -0.05) is 17.7 Å². The number of piperazine rings is 1.